The van der Waals surface area contributed by atoms with Crippen LogP contribution in [0.1, 0.15) is 42.3 Å². The van der Waals surface area contributed by atoms with Crippen molar-refractivity contribution in [3.05, 3.63) is 34.9 Å². The van der Waals surface area contributed by atoms with E-state index in [1.807, 2.05) is 52.8 Å². The van der Waals surface area contributed by atoms with E-state index < -0.39 is 5.54 Å². The topological polar surface area (TPSA) is 55.1 Å². The molecule has 1 unspecified atom stereocenters. The van der Waals surface area contributed by atoms with Gasteiger partial charge in [-0.1, -0.05) is 17.2 Å². The Morgan fingerprint density at radius 3 is 2.12 bits per heavy atom. The van der Waals surface area contributed by atoms with E-state index in [0.29, 0.717) is 5.56 Å². The molecule has 94 valence electrons. The molecular formula is C14H22N2O. The first-order valence-corrected chi connectivity index (χ1v) is 5.89. The van der Waals surface area contributed by atoms with Gasteiger partial charge in [-0.3, -0.25) is 4.79 Å². The highest BCUT2D eigenvalue weighted by Gasteiger charge is 2.25. The number of hydrogen-bond donors (Lipinski definition) is 2. The van der Waals surface area contributed by atoms with Crippen molar-refractivity contribution in [2.24, 2.45) is 5.73 Å². The summed E-state index contributed by atoms with van der Waals surface area (Å²) in [6.45, 7) is 9.72. The Hall–Kier alpha value is -1.35. The van der Waals surface area contributed by atoms with E-state index in [-0.39, 0.29) is 11.9 Å². The Kier molecular flexibility index (Phi) is 3.94. The third-order valence-electron chi connectivity index (χ3n) is 3.06. The van der Waals surface area contributed by atoms with Crippen molar-refractivity contribution in [2.45, 2.75) is 46.2 Å². The number of nitrogens with one attached hydrogen (secondary N) is 1. The average Bonchev–Trinajstić information content (AvgIpc) is 2.15. The Balaban J connectivity index is 2.91. The van der Waals surface area contributed by atoms with Crippen molar-refractivity contribution in [1.29, 1.82) is 0 Å². The first-order valence-electron chi connectivity index (χ1n) is 5.89. The second kappa shape index (κ2) is 4.88. The van der Waals surface area contributed by atoms with Crippen LogP contribution in [0.15, 0.2) is 18.2 Å². The van der Waals surface area contributed by atoms with Crippen LogP contribution in [0, 0.1) is 13.8 Å². The number of nitrogens with two attached hydrogens (primary N) is 1. The second-order valence-corrected chi connectivity index (χ2v) is 5.34. The van der Waals surface area contributed by atoms with Crippen molar-refractivity contribution in [1.82, 2.24) is 5.32 Å². The molecule has 0 heterocycles. The first kappa shape index (κ1) is 13.7. The van der Waals surface area contributed by atoms with Gasteiger partial charge in [0.05, 0.1) is 0 Å². The van der Waals surface area contributed by atoms with Gasteiger partial charge in [-0.15, -0.1) is 0 Å². The summed E-state index contributed by atoms with van der Waals surface area (Å²) in [6.07, 6.45) is 0. The highest BCUT2D eigenvalue weighted by atomic mass is 16.1. The predicted molar refractivity (Wildman–Crippen MR) is 71.1 cm³/mol. The van der Waals surface area contributed by atoms with Gasteiger partial charge in [0.15, 0.2) is 0 Å². The summed E-state index contributed by atoms with van der Waals surface area (Å²) in [6, 6.07) is 5.73. The van der Waals surface area contributed by atoms with E-state index in [0.717, 1.165) is 11.1 Å². The number of rotatable bonds is 3. The Morgan fingerprint density at radius 1 is 1.24 bits per heavy atom. The number of benzene rings is 1. The van der Waals surface area contributed by atoms with Crippen LogP contribution in [-0.4, -0.2) is 17.5 Å². The molecule has 1 aromatic carbocycles. The molecule has 0 bridgehead atoms. The van der Waals surface area contributed by atoms with Crippen LogP contribution >= 0.6 is 0 Å². The minimum atomic E-state index is -0.408. The highest BCUT2D eigenvalue weighted by Crippen LogP contribution is 2.12. The van der Waals surface area contributed by atoms with Crippen LogP contribution in [0.4, 0.5) is 0 Å². The van der Waals surface area contributed by atoms with E-state index in [2.05, 4.69) is 5.32 Å². The molecule has 3 nitrogen and oxygen atoms in total. The van der Waals surface area contributed by atoms with Gasteiger partial charge in [0.2, 0.25) is 0 Å². The minimum Gasteiger partial charge on any atom is -0.346 e. The normalized spacial score (nSPS) is 13.3. The minimum absolute atomic E-state index is 0.0703. The predicted octanol–water partition coefficient (Wildman–Crippen LogP) is 2.16. The van der Waals surface area contributed by atoms with Crippen molar-refractivity contribution in [2.75, 3.05) is 0 Å². The standard InChI is InChI=1S/C14H22N2O/c1-9-6-10(2)8-12(7-9)13(17)16-14(4,5)11(3)15/h6-8,11H,15H2,1-5H3,(H,16,17). The lowest BCUT2D eigenvalue weighted by molar-refractivity contribution is 0.0903. The summed E-state index contributed by atoms with van der Waals surface area (Å²) >= 11 is 0. The third-order valence-corrected chi connectivity index (χ3v) is 3.06. The molecule has 3 N–H and O–H groups in total. The van der Waals surface area contributed by atoms with Gasteiger partial charge in [-0.2, -0.15) is 0 Å². The van der Waals surface area contributed by atoms with Crippen LogP contribution < -0.4 is 11.1 Å². The zero-order valence-corrected chi connectivity index (χ0v) is 11.3. The number of hydrogen-bond acceptors (Lipinski definition) is 2. The molecule has 0 saturated heterocycles. The van der Waals surface area contributed by atoms with Crippen molar-refractivity contribution in [3.63, 3.8) is 0 Å². The molecule has 0 fully saturated rings. The molecular weight excluding hydrogens is 212 g/mol. The van der Waals surface area contributed by atoms with Crippen LogP contribution in [0.5, 0.6) is 0 Å². The summed E-state index contributed by atoms with van der Waals surface area (Å²) in [7, 11) is 0. The average molecular weight is 234 g/mol. The SMILES string of the molecule is Cc1cc(C)cc(C(=O)NC(C)(C)C(C)N)c1. The summed E-state index contributed by atoms with van der Waals surface area (Å²) in [5.74, 6) is -0.0703. The summed E-state index contributed by atoms with van der Waals surface area (Å²) in [4.78, 5) is 12.1. The summed E-state index contributed by atoms with van der Waals surface area (Å²) in [5, 5.41) is 2.96. The van der Waals surface area contributed by atoms with Crippen LogP contribution in [0.3, 0.4) is 0 Å². The number of amides is 1. The molecule has 3 heteroatoms. The molecule has 0 aromatic heterocycles. The zero-order chi connectivity index (χ0) is 13.2. The summed E-state index contributed by atoms with van der Waals surface area (Å²) in [5.41, 5.74) is 8.31. The molecule has 1 rings (SSSR count). The van der Waals surface area contributed by atoms with Gasteiger partial charge in [-0.05, 0) is 46.8 Å². The van der Waals surface area contributed by atoms with Gasteiger partial charge < -0.3 is 11.1 Å². The van der Waals surface area contributed by atoms with Crippen molar-refractivity contribution in [3.8, 4) is 0 Å². The maximum atomic E-state index is 12.1. The molecule has 1 atom stereocenters. The van der Waals surface area contributed by atoms with Gasteiger partial charge in [0.25, 0.3) is 5.91 Å². The number of carbonyl (C=O) groups excluding carboxylic acids is 1. The smallest absolute Gasteiger partial charge is 0.251 e. The lowest BCUT2D eigenvalue weighted by Gasteiger charge is -2.30. The fourth-order valence-corrected chi connectivity index (χ4v) is 1.58. The van der Waals surface area contributed by atoms with Gasteiger partial charge >= 0.3 is 0 Å². The second-order valence-electron chi connectivity index (χ2n) is 5.34. The fraction of sp³-hybridized carbons (Fsp3) is 0.500. The summed E-state index contributed by atoms with van der Waals surface area (Å²) < 4.78 is 0. The largest absolute Gasteiger partial charge is 0.346 e. The molecule has 17 heavy (non-hydrogen) atoms. The van der Waals surface area contributed by atoms with Crippen LogP contribution in [-0.2, 0) is 0 Å². The fourth-order valence-electron chi connectivity index (χ4n) is 1.58. The van der Waals surface area contributed by atoms with E-state index in [4.69, 9.17) is 5.73 Å². The van der Waals surface area contributed by atoms with Crippen molar-refractivity contribution < 1.29 is 4.79 Å². The van der Waals surface area contributed by atoms with Gasteiger partial charge in [0.1, 0.15) is 0 Å². The highest BCUT2D eigenvalue weighted by molar-refractivity contribution is 5.95. The Bertz CT molecular complexity index is 402. The molecule has 0 spiro atoms. The maximum Gasteiger partial charge on any atom is 0.251 e. The molecule has 0 aliphatic carbocycles. The molecule has 1 aromatic rings. The quantitative estimate of drug-likeness (QED) is 0.842. The monoisotopic (exact) mass is 234 g/mol. The van der Waals surface area contributed by atoms with Crippen LogP contribution in [0.2, 0.25) is 0 Å². The zero-order valence-electron chi connectivity index (χ0n) is 11.3. The lowest BCUT2D eigenvalue weighted by atomic mass is 9.96. The van der Waals surface area contributed by atoms with E-state index in [1.165, 1.54) is 0 Å². The molecule has 0 aliphatic rings. The van der Waals surface area contributed by atoms with E-state index in [1.54, 1.807) is 0 Å². The number of aryl methyl sites for hydroxylation is 2. The number of carbonyl (C=O) groups is 1. The van der Waals surface area contributed by atoms with Crippen LogP contribution in [0.25, 0.3) is 0 Å². The molecule has 1 amide bonds. The van der Waals surface area contributed by atoms with Crippen molar-refractivity contribution >= 4 is 5.91 Å². The Labute approximate surface area is 103 Å². The van der Waals surface area contributed by atoms with E-state index in [9.17, 15) is 4.79 Å². The third kappa shape index (κ3) is 3.56. The van der Waals surface area contributed by atoms with E-state index >= 15 is 0 Å². The van der Waals surface area contributed by atoms with Gasteiger partial charge in [-0.25, -0.2) is 0 Å². The first-order chi connectivity index (χ1) is 7.72. The van der Waals surface area contributed by atoms with Gasteiger partial charge in [0, 0.05) is 17.1 Å². The lowest BCUT2D eigenvalue weighted by Crippen LogP contribution is -2.54. The molecule has 0 saturated carbocycles. The maximum absolute atomic E-state index is 12.1. The Morgan fingerprint density at radius 2 is 1.71 bits per heavy atom. The molecule has 0 radical (unpaired) electrons. The molecule has 0 aliphatic heterocycles.